The monoisotopic (exact) mass is 1790 g/mol. The van der Waals surface area contributed by atoms with Crippen molar-refractivity contribution in [2.45, 2.75) is 215 Å². The lowest BCUT2D eigenvalue weighted by Crippen LogP contribution is -2.29. The standard InChI is InChI=1S/C112H106N4O2S8/c1-10-17-22-26-40-72-43-35-48-76(59-72)111(75-46-29-25-30-47-75)87-64-79(62-85-95(89(66-113)115-8)81-51-31-33-53-83(81)103(85)117)121-105(87)109-101(111)99-97(91-55-57-93(123-91)119-68-70(15-6)38-20-13-4)108-100(98(107(99)125-109)92-56-58-94(124-92)120-69-71(16-7)39-21-14-5)102-110(126-108)106-88(65-80(122-106)63-86-96(90(67-114)116-9)82-52-32-34-54-84(82)104(86)118)112(102,77-49-36-44-73(60-77)41-27-23-18-11-2)78-50-37-45-74(61-78)42-28-24-19-12-3/h25,29-37,43-65,70-71H,10-24,26-28,38-42,68-69H2,1-7H3/b85-62-,86-63-,95-89+,96-90-. The summed E-state index contributed by atoms with van der Waals surface area (Å²) < 4.78 is 5.07. The molecule has 14 heteroatoms. The third-order valence-electron chi connectivity index (χ3n) is 26.5. The highest BCUT2D eigenvalue weighted by Crippen LogP contribution is 2.71. The maximum Gasteiger partial charge on any atom is 0.270 e. The Balaban J connectivity index is 1.05. The molecule has 0 spiro atoms. The Hall–Kier alpha value is -9.78. The Morgan fingerprint density at radius 2 is 0.778 bits per heavy atom. The van der Waals surface area contributed by atoms with Crippen molar-refractivity contribution in [2.24, 2.45) is 11.8 Å². The molecule has 13 aromatic rings. The average molecular weight is 1800 g/mol. The molecule has 0 radical (unpaired) electrons. The number of hydrogen-bond acceptors (Lipinski definition) is 12. The second-order valence-electron chi connectivity index (χ2n) is 34.4. The van der Waals surface area contributed by atoms with E-state index in [0.29, 0.717) is 56.4 Å². The van der Waals surface area contributed by atoms with Gasteiger partial charge in [0.25, 0.3) is 11.4 Å². The smallest absolute Gasteiger partial charge is 0.270 e. The number of nitriles is 2. The lowest BCUT2D eigenvalue weighted by Gasteiger charge is -2.35. The van der Waals surface area contributed by atoms with Gasteiger partial charge < -0.3 is 0 Å². The summed E-state index contributed by atoms with van der Waals surface area (Å²) in [7, 11) is 0. The summed E-state index contributed by atoms with van der Waals surface area (Å²) in [5.74, 6) is 2.86. The molecule has 6 heterocycles. The number of carbonyl (C=O) groups excluding carboxylic acids is 2. The number of carbonyl (C=O) groups is 2. The van der Waals surface area contributed by atoms with Crippen LogP contribution in [-0.2, 0) is 30.1 Å². The van der Waals surface area contributed by atoms with Gasteiger partial charge in [-0.25, -0.2) is 20.2 Å². The SMILES string of the molecule is [C-]#[N+]/C(C#N)=C1\C(=C\c2cc3c(s2)-c2sc4c(-c5ccc(SCC(CC)CCCC)s5)c5c6c(sc5c(-c5ccc(SCC(CC)CCCC)s5)c4c2C3(c2cccc(CCCCCC)c2)c2cccc(CCCCCC)c2)-c2sc(/C=C3\C(=O)c4ccccc4\C3=C(\C#N)[N+]#[C-])cc2C6(c2ccccc2)c2cccc(CCCCCC)c2)C(=O)c2ccccc21. The van der Waals surface area contributed by atoms with Crippen molar-refractivity contribution in [3.8, 4) is 52.5 Å². The minimum atomic E-state index is -0.963. The number of unbranched alkanes of at least 4 members (excludes halogenated alkanes) is 11. The number of rotatable bonds is 37. The summed E-state index contributed by atoms with van der Waals surface area (Å²) in [4.78, 5) is 47.1. The summed E-state index contributed by atoms with van der Waals surface area (Å²) in [5.41, 5.74) is 17.6. The number of allylic oxidation sites excluding steroid dienone is 6. The van der Waals surface area contributed by atoms with E-state index in [-0.39, 0.29) is 23.0 Å². The maximum atomic E-state index is 15.3. The van der Waals surface area contributed by atoms with Crippen LogP contribution >= 0.6 is 91.5 Å². The minimum Gasteiger partial charge on any atom is -0.289 e. The van der Waals surface area contributed by atoms with Crippen LogP contribution in [-0.4, -0.2) is 23.1 Å². The van der Waals surface area contributed by atoms with Crippen molar-refractivity contribution in [1.82, 2.24) is 0 Å². The number of ketones is 2. The normalized spacial score (nSPS) is 16.5. The summed E-state index contributed by atoms with van der Waals surface area (Å²) in [5, 5.41) is 24.2. The van der Waals surface area contributed by atoms with E-state index in [0.717, 1.165) is 132 Å². The maximum absolute atomic E-state index is 15.3. The molecule has 4 aliphatic carbocycles. The number of thiophene rings is 6. The minimum absolute atomic E-state index is 0.0957. The highest BCUT2D eigenvalue weighted by molar-refractivity contribution is 8.01. The van der Waals surface area contributed by atoms with Crippen molar-refractivity contribution in [3.05, 3.63) is 327 Å². The third-order valence-corrected chi connectivity index (χ3v) is 36.6. The second-order valence-corrected chi connectivity index (χ2v) is 43.4. The quantitative estimate of drug-likeness (QED) is 0.0127. The van der Waals surface area contributed by atoms with Crippen LogP contribution in [0.3, 0.4) is 0 Å². The van der Waals surface area contributed by atoms with Crippen LogP contribution < -0.4 is 0 Å². The summed E-state index contributed by atoms with van der Waals surface area (Å²) in [6.07, 6.45) is 29.9. The topological polar surface area (TPSA) is 90.4 Å². The lowest BCUT2D eigenvalue weighted by atomic mass is 9.66. The fraction of sp³-hybridized carbons (Fsp3) is 0.321. The summed E-state index contributed by atoms with van der Waals surface area (Å²) in [6, 6.07) is 74.2. The van der Waals surface area contributed by atoms with E-state index >= 15 is 9.59 Å². The molecule has 634 valence electrons. The van der Waals surface area contributed by atoms with Crippen LogP contribution in [0.1, 0.15) is 280 Å². The third kappa shape index (κ3) is 16.2. The molecule has 3 unspecified atom stereocenters. The van der Waals surface area contributed by atoms with Gasteiger partial charge in [-0.3, -0.25) is 9.59 Å². The number of nitrogens with zero attached hydrogens (tertiary/aromatic N) is 4. The highest BCUT2D eigenvalue weighted by atomic mass is 32.2. The Morgan fingerprint density at radius 1 is 0.405 bits per heavy atom. The number of fused-ring (bicyclic) bond motifs is 12. The first-order valence-electron chi connectivity index (χ1n) is 45.8. The van der Waals surface area contributed by atoms with E-state index in [9.17, 15) is 10.5 Å². The van der Waals surface area contributed by atoms with Gasteiger partial charge in [0.2, 0.25) is 0 Å². The van der Waals surface area contributed by atoms with Crippen LogP contribution in [0, 0.1) is 47.6 Å². The fourth-order valence-electron chi connectivity index (χ4n) is 20.1. The van der Waals surface area contributed by atoms with E-state index in [1.54, 1.807) is 22.7 Å². The van der Waals surface area contributed by atoms with E-state index in [4.69, 9.17) is 13.1 Å². The number of hydrogen-bond donors (Lipinski definition) is 0. The van der Waals surface area contributed by atoms with Crippen molar-refractivity contribution in [3.63, 3.8) is 0 Å². The predicted molar refractivity (Wildman–Crippen MR) is 542 cm³/mol. The summed E-state index contributed by atoms with van der Waals surface area (Å²) >= 11 is 15.3. The largest absolute Gasteiger partial charge is 0.289 e. The summed E-state index contributed by atoms with van der Waals surface area (Å²) in [6.45, 7) is 33.1. The average Bonchev–Trinajstić information content (AvgIpc) is 1.49. The molecule has 0 aliphatic heterocycles. The lowest BCUT2D eigenvalue weighted by molar-refractivity contribution is 0.103. The molecular formula is C112H106N4O2S8. The zero-order valence-electron chi connectivity index (χ0n) is 73.3. The first-order chi connectivity index (χ1) is 61.8. The molecule has 0 amide bonds. The fourth-order valence-corrected chi connectivity index (χ4v) is 30.7. The molecular weight excluding hydrogens is 1690 g/mol. The van der Waals surface area contributed by atoms with Gasteiger partial charge in [0.15, 0.2) is 11.6 Å². The Kier molecular flexibility index (Phi) is 27.6. The van der Waals surface area contributed by atoms with Gasteiger partial charge in [-0.15, -0.1) is 91.5 Å². The Bertz CT molecular complexity index is 6550. The highest BCUT2D eigenvalue weighted by Gasteiger charge is 2.55. The molecule has 0 N–H and O–H groups in total. The first kappa shape index (κ1) is 88.3. The number of benzene rings is 7. The molecule has 6 nitrogen and oxygen atoms in total. The van der Waals surface area contributed by atoms with Gasteiger partial charge in [-0.05, 0) is 184 Å². The first-order valence-corrected chi connectivity index (χ1v) is 52.7. The van der Waals surface area contributed by atoms with E-state index in [1.807, 2.05) is 130 Å². The molecule has 0 saturated carbocycles. The van der Waals surface area contributed by atoms with Crippen LogP contribution in [0.15, 0.2) is 219 Å². The van der Waals surface area contributed by atoms with Gasteiger partial charge in [-0.2, -0.15) is 0 Å². The van der Waals surface area contributed by atoms with Crippen LogP contribution in [0.2, 0.25) is 0 Å². The van der Waals surface area contributed by atoms with Gasteiger partial charge in [0, 0.05) is 95.7 Å². The molecule has 0 bridgehead atoms. The van der Waals surface area contributed by atoms with E-state index in [2.05, 4.69) is 210 Å². The van der Waals surface area contributed by atoms with Gasteiger partial charge in [0.1, 0.15) is 0 Å². The van der Waals surface area contributed by atoms with Crippen molar-refractivity contribution in [1.29, 1.82) is 10.5 Å². The van der Waals surface area contributed by atoms with Crippen molar-refractivity contribution < 1.29 is 9.59 Å². The Morgan fingerprint density at radius 3 is 1.15 bits per heavy atom. The van der Waals surface area contributed by atoms with Gasteiger partial charge >= 0.3 is 0 Å². The number of thioether (sulfide) groups is 2. The zero-order valence-corrected chi connectivity index (χ0v) is 79.8. The van der Waals surface area contributed by atoms with Crippen molar-refractivity contribution in [2.75, 3.05) is 11.5 Å². The van der Waals surface area contributed by atoms with Gasteiger partial charge in [0.05, 0.1) is 64.0 Å². The van der Waals surface area contributed by atoms with Gasteiger partial charge in [-0.1, -0.05) is 296 Å². The van der Waals surface area contributed by atoms with E-state index in [1.165, 1.54) is 167 Å². The van der Waals surface area contributed by atoms with Crippen molar-refractivity contribution >= 4 is 147 Å². The molecule has 6 aromatic heterocycles. The van der Waals surface area contributed by atoms with Crippen LogP contribution in [0.25, 0.3) is 93.6 Å². The van der Waals surface area contributed by atoms with E-state index < -0.39 is 10.8 Å². The molecule has 3 atom stereocenters. The molecule has 7 aromatic carbocycles. The molecule has 4 aliphatic rings. The van der Waals surface area contributed by atoms with Crippen LogP contribution in [0.4, 0.5) is 0 Å². The molecule has 126 heavy (non-hydrogen) atoms. The number of aryl methyl sites for hydroxylation is 3. The Labute approximate surface area is 777 Å². The second kappa shape index (κ2) is 39.4. The zero-order chi connectivity index (χ0) is 87.2. The molecule has 0 saturated heterocycles. The van der Waals surface area contributed by atoms with Crippen LogP contribution in [0.5, 0.6) is 0 Å². The number of Topliss-reactive ketones (excluding diaryl/α,β-unsaturated/α-hetero) is 2. The predicted octanol–water partition coefficient (Wildman–Crippen LogP) is 34.3. The molecule has 17 rings (SSSR count). The molecule has 0 fully saturated rings.